The lowest BCUT2D eigenvalue weighted by Gasteiger charge is -2.33. The first-order valence-corrected chi connectivity index (χ1v) is 10.3. The molecule has 0 atom stereocenters. The van der Waals surface area contributed by atoms with Crippen molar-refractivity contribution in [3.05, 3.63) is 41.6 Å². The average molecular weight is 380 g/mol. The summed E-state index contributed by atoms with van der Waals surface area (Å²) < 4.78 is 0. The van der Waals surface area contributed by atoms with Crippen LogP contribution in [0.1, 0.15) is 54.1 Å². The number of hydrogen-bond acceptors (Lipinski definition) is 4. The maximum atomic E-state index is 12.6. The van der Waals surface area contributed by atoms with Crippen LogP contribution < -0.4 is 5.73 Å². The Morgan fingerprint density at radius 1 is 1.07 bits per heavy atom. The minimum absolute atomic E-state index is 0.162. The lowest BCUT2D eigenvalue weighted by atomic mass is 9.89. The van der Waals surface area contributed by atoms with E-state index in [1.807, 2.05) is 35.2 Å². The second kappa shape index (κ2) is 8.27. The van der Waals surface area contributed by atoms with Gasteiger partial charge in [-0.05, 0) is 50.9 Å². The Labute approximate surface area is 165 Å². The number of carbonyl (C=O) groups excluding carboxylic acids is 2. The smallest absolute Gasteiger partial charge is 0.250 e. The van der Waals surface area contributed by atoms with Crippen LogP contribution in [0.4, 0.5) is 0 Å². The van der Waals surface area contributed by atoms with E-state index in [1.165, 1.54) is 12.8 Å². The van der Waals surface area contributed by atoms with Crippen molar-refractivity contribution in [2.24, 2.45) is 5.73 Å². The Morgan fingerprint density at radius 3 is 2.50 bits per heavy atom. The highest BCUT2D eigenvalue weighted by molar-refractivity contribution is 5.97. The highest BCUT2D eigenvalue weighted by atomic mass is 16.2. The number of primary amides is 1. The number of fused-ring (bicyclic) bond motifs is 1. The summed E-state index contributed by atoms with van der Waals surface area (Å²) in [4.78, 5) is 33.7. The maximum Gasteiger partial charge on any atom is 0.250 e. The Morgan fingerprint density at radius 2 is 1.79 bits per heavy atom. The molecule has 2 amide bonds. The van der Waals surface area contributed by atoms with Crippen LogP contribution in [0.3, 0.4) is 0 Å². The summed E-state index contributed by atoms with van der Waals surface area (Å²) in [5.41, 5.74) is 7.82. The lowest BCUT2D eigenvalue weighted by Crippen LogP contribution is -2.39. The standard InChI is InChI=1S/C22H28N4O2/c23-22(28)18-15-17-5-1-2-6-19(17)24-21(18)16-7-13-26(14-8-16)20(27)9-12-25-10-3-4-11-25/h1-2,5-6,15-16H,3-4,7-14H2,(H2,23,28). The number of nitrogens with two attached hydrogens (primary N) is 1. The third-order valence-corrected chi connectivity index (χ3v) is 6.09. The van der Waals surface area contributed by atoms with Crippen molar-refractivity contribution in [1.29, 1.82) is 0 Å². The fourth-order valence-electron chi connectivity index (χ4n) is 4.46. The van der Waals surface area contributed by atoms with Gasteiger partial charge in [0.1, 0.15) is 0 Å². The number of rotatable bonds is 5. The molecule has 6 heteroatoms. The Hall–Kier alpha value is -2.47. The van der Waals surface area contributed by atoms with Gasteiger partial charge in [-0.25, -0.2) is 0 Å². The van der Waals surface area contributed by atoms with Crippen molar-refractivity contribution in [1.82, 2.24) is 14.8 Å². The first kappa shape index (κ1) is 18.9. The number of amides is 2. The Bertz CT molecular complexity index is 868. The molecule has 0 saturated carbocycles. The zero-order valence-corrected chi connectivity index (χ0v) is 16.3. The summed E-state index contributed by atoms with van der Waals surface area (Å²) in [7, 11) is 0. The number of benzene rings is 1. The highest BCUT2D eigenvalue weighted by Gasteiger charge is 2.28. The van der Waals surface area contributed by atoms with E-state index in [-0.39, 0.29) is 11.8 Å². The van der Waals surface area contributed by atoms with E-state index in [0.29, 0.717) is 12.0 Å². The van der Waals surface area contributed by atoms with Gasteiger partial charge in [0.15, 0.2) is 0 Å². The summed E-state index contributed by atoms with van der Waals surface area (Å²) in [5, 5.41) is 0.926. The number of pyridine rings is 1. The van der Waals surface area contributed by atoms with Gasteiger partial charge in [-0.15, -0.1) is 0 Å². The first-order valence-electron chi connectivity index (χ1n) is 10.3. The van der Waals surface area contributed by atoms with Crippen molar-refractivity contribution < 1.29 is 9.59 Å². The third kappa shape index (κ3) is 4.02. The van der Waals surface area contributed by atoms with Gasteiger partial charge in [0.05, 0.1) is 16.8 Å². The van der Waals surface area contributed by atoms with Crippen LogP contribution in [0.2, 0.25) is 0 Å². The fourth-order valence-corrected chi connectivity index (χ4v) is 4.46. The molecule has 0 aliphatic carbocycles. The molecule has 2 fully saturated rings. The van der Waals surface area contributed by atoms with Gasteiger partial charge in [0.25, 0.3) is 5.91 Å². The molecule has 28 heavy (non-hydrogen) atoms. The van der Waals surface area contributed by atoms with E-state index in [1.54, 1.807) is 0 Å². The van der Waals surface area contributed by atoms with Crippen LogP contribution in [0.5, 0.6) is 0 Å². The molecule has 2 aromatic rings. The van der Waals surface area contributed by atoms with Crippen LogP contribution in [-0.4, -0.2) is 59.3 Å². The minimum atomic E-state index is -0.433. The highest BCUT2D eigenvalue weighted by Crippen LogP contribution is 2.31. The first-order chi connectivity index (χ1) is 13.6. The van der Waals surface area contributed by atoms with Crippen molar-refractivity contribution in [3.63, 3.8) is 0 Å². The van der Waals surface area contributed by atoms with Crippen molar-refractivity contribution >= 4 is 22.7 Å². The lowest BCUT2D eigenvalue weighted by molar-refractivity contribution is -0.132. The molecule has 0 unspecified atom stereocenters. The van der Waals surface area contributed by atoms with E-state index in [2.05, 4.69) is 4.90 Å². The number of aromatic nitrogens is 1. The molecule has 6 nitrogen and oxygen atoms in total. The molecule has 2 aliphatic heterocycles. The molecule has 4 rings (SSSR count). The van der Waals surface area contributed by atoms with E-state index in [9.17, 15) is 9.59 Å². The number of para-hydroxylation sites is 1. The van der Waals surface area contributed by atoms with Crippen molar-refractivity contribution in [2.45, 2.75) is 38.0 Å². The summed E-state index contributed by atoms with van der Waals surface area (Å²) in [6, 6.07) is 9.64. The largest absolute Gasteiger partial charge is 0.366 e. The van der Waals surface area contributed by atoms with Gasteiger partial charge in [-0.1, -0.05) is 18.2 Å². The zero-order chi connectivity index (χ0) is 19.5. The summed E-state index contributed by atoms with van der Waals surface area (Å²) >= 11 is 0. The van der Waals surface area contributed by atoms with Crippen molar-refractivity contribution in [2.75, 3.05) is 32.7 Å². The van der Waals surface area contributed by atoms with Crippen molar-refractivity contribution in [3.8, 4) is 0 Å². The molecule has 3 heterocycles. The molecule has 2 N–H and O–H groups in total. The summed E-state index contributed by atoms with van der Waals surface area (Å²) in [6.07, 6.45) is 4.74. The van der Waals surface area contributed by atoms with Gasteiger partial charge in [-0.3, -0.25) is 14.6 Å². The van der Waals surface area contributed by atoms with Gasteiger partial charge < -0.3 is 15.5 Å². The van der Waals surface area contributed by atoms with Crippen LogP contribution >= 0.6 is 0 Å². The van der Waals surface area contributed by atoms with Crippen LogP contribution in [-0.2, 0) is 4.79 Å². The molecule has 0 bridgehead atoms. The molecule has 2 aliphatic rings. The van der Waals surface area contributed by atoms with E-state index >= 15 is 0 Å². The van der Waals surface area contributed by atoms with E-state index in [4.69, 9.17) is 10.7 Å². The molecular formula is C22H28N4O2. The summed E-state index contributed by atoms with van der Waals surface area (Å²) in [5.74, 6) is -0.0287. The molecule has 1 aromatic carbocycles. The third-order valence-electron chi connectivity index (χ3n) is 6.09. The number of nitrogens with zero attached hydrogens (tertiary/aromatic N) is 3. The number of likely N-dealkylation sites (tertiary alicyclic amines) is 2. The molecule has 148 valence electrons. The molecule has 1 aromatic heterocycles. The van der Waals surface area contributed by atoms with Crippen LogP contribution in [0.25, 0.3) is 10.9 Å². The molecule has 0 radical (unpaired) electrons. The average Bonchev–Trinajstić information content (AvgIpc) is 3.25. The second-order valence-corrected chi connectivity index (χ2v) is 7.93. The van der Waals surface area contributed by atoms with Gasteiger partial charge in [0.2, 0.25) is 5.91 Å². The molecule has 2 saturated heterocycles. The van der Waals surface area contributed by atoms with E-state index in [0.717, 1.165) is 62.2 Å². The predicted octanol–water partition coefficient (Wildman–Crippen LogP) is 2.53. The van der Waals surface area contributed by atoms with Gasteiger partial charge in [-0.2, -0.15) is 0 Å². The predicted molar refractivity (Wildman–Crippen MR) is 109 cm³/mol. The fraction of sp³-hybridized carbons (Fsp3) is 0.500. The Balaban J connectivity index is 1.42. The number of hydrogen-bond donors (Lipinski definition) is 1. The van der Waals surface area contributed by atoms with Crippen LogP contribution in [0, 0.1) is 0 Å². The Kier molecular flexibility index (Phi) is 5.57. The second-order valence-electron chi connectivity index (χ2n) is 7.93. The van der Waals surface area contributed by atoms with E-state index < -0.39 is 5.91 Å². The molecular weight excluding hydrogens is 352 g/mol. The number of piperidine rings is 1. The maximum absolute atomic E-state index is 12.6. The minimum Gasteiger partial charge on any atom is -0.366 e. The van der Waals surface area contributed by atoms with Gasteiger partial charge >= 0.3 is 0 Å². The van der Waals surface area contributed by atoms with Crippen LogP contribution in [0.15, 0.2) is 30.3 Å². The topological polar surface area (TPSA) is 79.5 Å². The number of carbonyl (C=O) groups is 2. The quantitative estimate of drug-likeness (QED) is 0.864. The normalized spacial score (nSPS) is 18.6. The monoisotopic (exact) mass is 380 g/mol. The molecule has 0 spiro atoms. The summed E-state index contributed by atoms with van der Waals surface area (Å²) in [6.45, 7) is 4.56. The zero-order valence-electron chi connectivity index (χ0n) is 16.3. The van der Waals surface area contributed by atoms with Gasteiger partial charge in [0, 0.05) is 37.4 Å². The SMILES string of the molecule is NC(=O)c1cc2ccccc2nc1C1CCN(C(=O)CCN2CCCC2)CC1.